The van der Waals surface area contributed by atoms with Gasteiger partial charge in [0.1, 0.15) is 11.6 Å². The van der Waals surface area contributed by atoms with Crippen molar-refractivity contribution in [2.24, 2.45) is 5.92 Å². The fourth-order valence-electron chi connectivity index (χ4n) is 2.02. The lowest BCUT2D eigenvalue weighted by Crippen LogP contribution is -2.44. The first-order valence-electron chi connectivity index (χ1n) is 8.08. The van der Waals surface area contributed by atoms with Crippen LogP contribution >= 0.6 is 0 Å². The van der Waals surface area contributed by atoms with Crippen LogP contribution in [0.25, 0.3) is 0 Å². The van der Waals surface area contributed by atoms with Gasteiger partial charge in [0.25, 0.3) is 0 Å². The number of unbranched alkanes of at least 4 members (excludes halogenated alkanes) is 1. The van der Waals surface area contributed by atoms with E-state index in [1.165, 1.54) is 7.11 Å². The zero-order valence-corrected chi connectivity index (χ0v) is 14.4. The van der Waals surface area contributed by atoms with Crippen LogP contribution in [0.15, 0.2) is 0 Å². The molecule has 0 radical (unpaired) electrons. The number of nitrogens with one attached hydrogen (secondary N) is 2. The van der Waals surface area contributed by atoms with Crippen LogP contribution in [-0.4, -0.2) is 43.3 Å². The molecule has 1 atom stereocenters. The van der Waals surface area contributed by atoms with Crippen molar-refractivity contribution >= 4 is 18.0 Å². The van der Waals surface area contributed by atoms with Crippen LogP contribution in [0.5, 0.6) is 0 Å². The highest BCUT2D eigenvalue weighted by Crippen LogP contribution is 2.28. The first kappa shape index (κ1) is 19.3. The smallest absolute Gasteiger partial charge is 0.408 e. The molecule has 1 rings (SSSR count). The summed E-state index contributed by atoms with van der Waals surface area (Å²) in [6, 6.07) is -0.742. The minimum absolute atomic E-state index is 0.112. The van der Waals surface area contributed by atoms with Crippen LogP contribution in [0, 0.1) is 5.92 Å². The topological polar surface area (TPSA) is 93.7 Å². The van der Waals surface area contributed by atoms with Gasteiger partial charge in [0.2, 0.25) is 5.91 Å². The lowest BCUT2D eigenvalue weighted by atomic mass is 10.1. The predicted molar refractivity (Wildman–Crippen MR) is 84.8 cm³/mol. The summed E-state index contributed by atoms with van der Waals surface area (Å²) in [5.74, 6) is -0.189. The number of ether oxygens (including phenoxy) is 2. The van der Waals surface area contributed by atoms with Crippen LogP contribution in [0.4, 0.5) is 4.79 Å². The second-order valence-corrected chi connectivity index (χ2v) is 6.78. The number of esters is 1. The Hall–Kier alpha value is -1.79. The Balaban J connectivity index is 2.28. The number of carbonyl (C=O) groups excluding carboxylic acids is 3. The molecule has 0 saturated heterocycles. The maximum Gasteiger partial charge on any atom is 0.408 e. The van der Waals surface area contributed by atoms with Gasteiger partial charge in [-0.3, -0.25) is 4.79 Å². The van der Waals surface area contributed by atoms with Gasteiger partial charge >= 0.3 is 12.1 Å². The Labute approximate surface area is 137 Å². The molecular formula is C16H28N2O5. The molecule has 0 aliphatic heterocycles. The van der Waals surface area contributed by atoms with Crippen molar-refractivity contribution in [1.29, 1.82) is 0 Å². The van der Waals surface area contributed by atoms with Gasteiger partial charge < -0.3 is 20.1 Å². The second-order valence-electron chi connectivity index (χ2n) is 6.78. The van der Waals surface area contributed by atoms with Gasteiger partial charge in [0.05, 0.1) is 7.11 Å². The number of hydrogen-bond acceptors (Lipinski definition) is 5. The summed E-state index contributed by atoms with van der Waals surface area (Å²) in [5, 5.41) is 5.40. The normalized spacial score (nSPS) is 15.5. The maximum absolute atomic E-state index is 11.8. The van der Waals surface area contributed by atoms with E-state index in [9.17, 15) is 14.4 Å². The number of rotatable bonds is 8. The first-order valence-corrected chi connectivity index (χ1v) is 8.08. The molecule has 1 saturated carbocycles. The van der Waals surface area contributed by atoms with E-state index in [0.29, 0.717) is 19.4 Å². The van der Waals surface area contributed by atoms with E-state index in [-0.39, 0.29) is 11.8 Å². The Bertz CT molecular complexity index is 427. The molecule has 7 nitrogen and oxygen atoms in total. The van der Waals surface area contributed by atoms with E-state index < -0.39 is 23.7 Å². The standard InChI is InChI=1S/C16H28N2O5/c1-16(2,3)23-15(21)18-12(14(20)22-4)7-5-6-10-17-13(19)11-8-9-11/h11-12H,5-10H2,1-4H3,(H,17,19)(H,18,21). The van der Waals surface area contributed by atoms with E-state index >= 15 is 0 Å². The molecule has 23 heavy (non-hydrogen) atoms. The van der Waals surface area contributed by atoms with Crippen LogP contribution in [0.2, 0.25) is 0 Å². The Kier molecular flexibility index (Phi) is 7.32. The molecule has 0 spiro atoms. The van der Waals surface area contributed by atoms with Crippen molar-refractivity contribution in [3.63, 3.8) is 0 Å². The van der Waals surface area contributed by atoms with E-state index in [4.69, 9.17) is 9.47 Å². The van der Waals surface area contributed by atoms with Gasteiger partial charge in [-0.1, -0.05) is 0 Å². The third kappa shape index (κ3) is 8.42. The number of carbonyl (C=O) groups is 3. The number of amides is 2. The van der Waals surface area contributed by atoms with Crippen LogP contribution in [0.1, 0.15) is 52.9 Å². The molecule has 1 aliphatic carbocycles. The maximum atomic E-state index is 11.8. The molecule has 0 aromatic carbocycles. The van der Waals surface area contributed by atoms with Gasteiger partial charge in [-0.25, -0.2) is 9.59 Å². The Morgan fingerprint density at radius 3 is 2.35 bits per heavy atom. The van der Waals surface area contributed by atoms with E-state index in [2.05, 4.69) is 10.6 Å². The molecule has 1 unspecified atom stereocenters. The van der Waals surface area contributed by atoms with Crippen LogP contribution in [0.3, 0.4) is 0 Å². The fraction of sp³-hybridized carbons (Fsp3) is 0.812. The quantitative estimate of drug-likeness (QED) is 0.523. The average molecular weight is 328 g/mol. The Morgan fingerprint density at radius 2 is 1.83 bits per heavy atom. The lowest BCUT2D eigenvalue weighted by molar-refractivity contribution is -0.143. The highest BCUT2D eigenvalue weighted by molar-refractivity contribution is 5.81. The summed E-state index contributed by atoms with van der Waals surface area (Å²) in [6.07, 6.45) is 3.18. The van der Waals surface area contributed by atoms with Crippen molar-refractivity contribution in [3.8, 4) is 0 Å². The highest BCUT2D eigenvalue weighted by atomic mass is 16.6. The van der Waals surface area contributed by atoms with E-state index in [1.807, 2.05) is 0 Å². The van der Waals surface area contributed by atoms with Crippen molar-refractivity contribution in [2.45, 2.75) is 64.5 Å². The zero-order chi connectivity index (χ0) is 17.5. The molecule has 0 aromatic rings. The molecule has 2 N–H and O–H groups in total. The number of hydrogen-bond donors (Lipinski definition) is 2. The van der Waals surface area contributed by atoms with Gasteiger partial charge in [0.15, 0.2) is 0 Å². The highest BCUT2D eigenvalue weighted by Gasteiger charge is 2.29. The molecular weight excluding hydrogens is 300 g/mol. The third-order valence-electron chi connectivity index (χ3n) is 3.34. The van der Waals surface area contributed by atoms with Crippen molar-refractivity contribution in [1.82, 2.24) is 10.6 Å². The van der Waals surface area contributed by atoms with E-state index in [1.54, 1.807) is 20.8 Å². The first-order chi connectivity index (χ1) is 10.7. The van der Waals surface area contributed by atoms with Crippen molar-refractivity contribution in [3.05, 3.63) is 0 Å². The average Bonchev–Trinajstić information content (AvgIpc) is 3.27. The number of methoxy groups -OCH3 is 1. The minimum atomic E-state index is -0.742. The van der Waals surface area contributed by atoms with Crippen molar-refractivity contribution in [2.75, 3.05) is 13.7 Å². The molecule has 7 heteroatoms. The largest absolute Gasteiger partial charge is 0.467 e. The summed E-state index contributed by atoms with van der Waals surface area (Å²) in [7, 11) is 1.28. The van der Waals surface area contributed by atoms with Crippen LogP contribution < -0.4 is 10.6 Å². The second kappa shape index (κ2) is 8.74. The summed E-state index contributed by atoms with van der Waals surface area (Å²) < 4.78 is 9.84. The zero-order valence-electron chi connectivity index (χ0n) is 14.4. The molecule has 1 fully saturated rings. The lowest BCUT2D eigenvalue weighted by Gasteiger charge is -2.22. The third-order valence-corrected chi connectivity index (χ3v) is 3.34. The van der Waals surface area contributed by atoms with Crippen LogP contribution in [-0.2, 0) is 19.1 Å². The summed E-state index contributed by atoms with van der Waals surface area (Å²) in [4.78, 5) is 34.9. The summed E-state index contributed by atoms with van der Waals surface area (Å²) >= 11 is 0. The van der Waals surface area contributed by atoms with Crippen molar-refractivity contribution < 1.29 is 23.9 Å². The predicted octanol–water partition coefficient (Wildman–Crippen LogP) is 1.75. The molecule has 0 aromatic heterocycles. The fourth-order valence-corrected chi connectivity index (χ4v) is 2.02. The van der Waals surface area contributed by atoms with Gasteiger partial charge in [-0.2, -0.15) is 0 Å². The summed E-state index contributed by atoms with van der Waals surface area (Å²) in [6.45, 7) is 5.84. The molecule has 1 aliphatic rings. The molecule has 2 amide bonds. The SMILES string of the molecule is COC(=O)C(CCCCNC(=O)C1CC1)NC(=O)OC(C)(C)C. The minimum Gasteiger partial charge on any atom is -0.467 e. The Morgan fingerprint density at radius 1 is 1.17 bits per heavy atom. The van der Waals surface area contributed by atoms with Gasteiger partial charge in [-0.05, 0) is 52.9 Å². The molecule has 132 valence electrons. The molecule has 0 bridgehead atoms. The van der Waals surface area contributed by atoms with E-state index in [0.717, 1.165) is 19.3 Å². The van der Waals surface area contributed by atoms with Gasteiger partial charge in [0, 0.05) is 12.5 Å². The number of alkyl carbamates (subject to hydrolysis) is 1. The molecule has 0 heterocycles. The van der Waals surface area contributed by atoms with Gasteiger partial charge in [-0.15, -0.1) is 0 Å². The monoisotopic (exact) mass is 328 g/mol. The summed E-state index contributed by atoms with van der Waals surface area (Å²) in [5.41, 5.74) is -0.627.